The molecule has 0 unspecified atom stereocenters. The molecule has 2 aromatic rings. The second kappa shape index (κ2) is 8.67. The molecule has 0 atom stereocenters. The first-order valence-electron chi connectivity index (χ1n) is 8.13. The Morgan fingerprint density at radius 2 is 1.48 bits per heavy atom. The van der Waals surface area contributed by atoms with Crippen molar-refractivity contribution in [2.24, 2.45) is 0 Å². The Bertz CT molecular complexity index is 911. The van der Waals surface area contributed by atoms with Crippen LogP contribution in [-0.2, 0) is 26.5 Å². The van der Waals surface area contributed by atoms with Crippen molar-refractivity contribution >= 4 is 45.2 Å². The number of nitrogens with zero attached hydrogens (tertiary/aromatic N) is 3. The van der Waals surface area contributed by atoms with E-state index in [4.69, 9.17) is 14.7 Å². The zero-order valence-electron chi connectivity index (χ0n) is 14.9. The average Bonchev–Trinajstić information content (AvgIpc) is 3.14. The molecular weight excluding hydrogens is 617 g/mol. The second-order valence-corrected chi connectivity index (χ2v) is 9.32. The van der Waals surface area contributed by atoms with Crippen LogP contribution in [0, 0.1) is 18.7 Å². The molecule has 0 bridgehead atoms. The highest BCUT2D eigenvalue weighted by Gasteiger charge is 2.43. The fourth-order valence-electron chi connectivity index (χ4n) is 2.63. The topological polar surface area (TPSA) is 99.6 Å². The molecule has 7 nitrogen and oxygen atoms in total. The summed E-state index contributed by atoms with van der Waals surface area (Å²) in [6.07, 6.45) is -4.37. The van der Waals surface area contributed by atoms with Gasteiger partial charge in [0.25, 0.3) is 0 Å². The van der Waals surface area contributed by atoms with Crippen molar-refractivity contribution < 1.29 is 22.6 Å². The summed E-state index contributed by atoms with van der Waals surface area (Å²) in [6.45, 7) is 6.09. The highest BCUT2D eigenvalue weighted by Crippen LogP contribution is 2.36. The third-order valence-electron chi connectivity index (χ3n) is 4.53. The molecule has 0 amide bonds. The van der Waals surface area contributed by atoms with E-state index in [1.807, 2.05) is 13.0 Å². The number of alkyl halides is 3. The Balaban J connectivity index is 0.000000202. The Labute approximate surface area is 193 Å². The number of hydrogen-bond acceptors (Lipinski definition) is 5. The van der Waals surface area contributed by atoms with Gasteiger partial charge >= 0.3 is 6.18 Å². The van der Waals surface area contributed by atoms with Crippen molar-refractivity contribution in [3.05, 3.63) is 30.4 Å². The van der Waals surface area contributed by atoms with E-state index in [9.17, 15) is 13.2 Å². The minimum atomic E-state index is -4.37. The number of nitriles is 1. The Hall–Kier alpha value is -0.920. The fourth-order valence-corrected chi connectivity index (χ4v) is 3.81. The number of aromatic amines is 2. The van der Waals surface area contributed by atoms with E-state index >= 15 is 0 Å². The van der Waals surface area contributed by atoms with Crippen LogP contribution in [0.2, 0.25) is 0 Å². The van der Waals surface area contributed by atoms with Gasteiger partial charge in [-0.3, -0.25) is 0 Å². The molecule has 29 heavy (non-hydrogen) atoms. The number of aromatic nitrogens is 4. The molecule has 4 rings (SSSR count). The van der Waals surface area contributed by atoms with E-state index in [0.29, 0.717) is 37.9 Å². The molecule has 2 aliphatic rings. The smallest absolute Gasteiger partial charge is 0.379 e. The summed E-state index contributed by atoms with van der Waals surface area (Å²) in [5.41, 5.74) is -0.715. The molecule has 0 aromatic carbocycles. The van der Waals surface area contributed by atoms with Crippen LogP contribution in [0.5, 0.6) is 0 Å². The van der Waals surface area contributed by atoms with Crippen LogP contribution in [0.4, 0.5) is 13.2 Å². The molecule has 0 radical (unpaired) electrons. The molecule has 2 saturated heterocycles. The van der Waals surface area contributed by atoms with Gasteiger partial charge in [0, 0.05) is 0 Å². The molecule has 4 heterocycles. The maximum atomic E-state index is 12.5. The van der Waals surface area contributed by atoms with Crippen LogP contribution in [0.15, 0.2) is 0 Å². The molecule has 2 aliphatic heterocycles. The van der Waals surface area contributed by atoms with E-state index in [-0.39, 0.29) is 16.5 Å². The number of rotatable bonds is 2. The van der Waals surface area contributed by atoms with Gasteiger partial charge in [0.2, 0.25) is 0 Å². The van der Waals surface area contributed by atoms with Gasteiger partial charge < -0.3 is 19.4 Å². The summed E-state index contributed by atoms with van der Waals surface area (Å²) in [7, 11) is 0. The number of hydrogen-bond donors (Lipinski definition) is 2. The fraction of sp³-hybridized carbons (Fsp3) is 0.588. The molecule has 0 aliphatic carbocycles. The van der Waals surface area contributed by atoms with E-state index < -0.39 is 17.3 Å². The van der Waals surface area contributed by atoms with Gasteiger partial charge in [-0.05, 0) is 59.0 Å². The molecule has 0 spiro atoms. The predicted molar refractivity (Wildman–Crippen MR) is 115 cm³/mol. The molecule has 2 aromatic heterocycles. The zero-order valence-corrected chi connectivity index (χ0v) is 19.2. The average molecular weight is 637 g/mol. The Morgan fingerprint density at radius 3 is 1.79 bits per heavy atom. The first-order chi connectivity index (χ1) is 13.0. The molecular formula is C17H20F3I2N5O2. The lowest BCUT2D eigenvalue weighted by Gasteiger charge is -2.36. The largest absolute Gasteiger partial charge is 0.433 e. The van der Waals surface area contributed by atoms with Crippen LogP contribution >= 0.6 is 45.2 Å². The third-order valence-corrected chi connectivity index (χ3v) is 6.10. The molecule has 2 N–H and O–H groups in total. The lowest BCUT2D eigenvalue weighted by Crippen LogP contribution is -2.44. The lowest BCUT2D eigenvalue weighted by atomic mass is 9.88. The van der Waals surface area contributed by atoms with Crippen molar-refractivity contribution in [3.63, 3.8) is 0 Å². The molecule has 160 valence electrons. The maximum Gasteiger partial charge on any atom is 0.433 e. The molecule has 12 heteroatoms. The Kier molecular flexibility index (Phi) is 7.28. The van der Waals surface area contributed by atoms with E-state index in [2.05, 4.69) is 49.5 Å². The maximum absolute atomic E-state index is 12.5. The van der Waals surface area contributed by atoms with Gasteiger partial charge in [0.05, 0.1) is 37.3 Å². The van der Waals surface area contributed by atoms with Crippen LogP contribution < -0.4 is 0 Å². The van der Waals surface area contributed by atoms with Crippen LogP contribution in [0.25, 0.3) is 0 Å². The third kappa shape index (κ3) is 4.88. The summed E-state index contributed by atoms with van der Waals surface area (Å²) in [5.74, 6) is 1.21. The Morgan fingerprint density at radius 1 is 1.00 bits per heavy atom. The highest BCUT2D eigenvalue weighted by atomic mass is 127. The number of halogens is 5. The summed E-state index contributed by atoms with van der Waals surface area (Å²) < 4.78 is 48.3. The zero-order chi connectivity index (χ0) is 20.7. The normalized spacial score (nSPS) is 19.0. The van der Waals surface area contributed by atoms with Crippen LogP contribution in [0.1, 0.15) is 44.3 Å². The standard InChI is InChI=1S/C8H8F3IN2O.C8H8IN3O.CH4/c1-7(2-15-3-7)6-13-4(5(12)14-6)8(9,10)11;1-8(3-13-4-8)7-11-5(2-10)6(9)12-7;/h2-3H2,1H3,(H,13,14);3-4H2,1H3,(H,11,12);1H4. The minimum absolute atomic E-state index is 0. The van der Waals surface area contributed by atoms with Crippen LogP contribution in [-0.4, -0.2) is 46.4 Å². The lowest BCUT2D eigenvalue weighted by molar-refractivity contribution is -0.141. The van der Waals surface area contributed by atoms with Crippen molar-refractivity contribution in [2.75, 3.05) is 26.4 Å². The second-order valence-electron chi connectivity index (χ2n) is 7.22. The van der Waals surface area contributed by atoms with Gasteiger partial charge in [-0.2, -0.15) is 18.4 Å². The van der Waals surface area contributed by atoms with Gasteiger partial charge in [-0.25, -0.2) is 9.97 Å². The van der Waals surface area contributed by atoms with E-state index in [1.165, 1.54) is 0 Å². The van der Waals surface area contributed by atoms with Gasteiger partial charge in [0.1, 0.15) is 25.1 Å². The molecule has 0 saturated carbocycles. The number of nitrogens with one attached hydrogen (secondary N) is 2. The van der Waals surface area contributed by atoms with Crippen molar-refractivity contribution in [2.45, 2.75) is 38.3 Å². The number of imidazole rings is 2. The van der Waals surface area contributed by atoms with E-state index in [0.717, 1.165) is 9.53 Å². The van der Waals surface area contributed by atoms with Crippen molar-refractivity contribution in [3.8, 4) is 6.07 Å². The number of H-pyrrole nitrogens is 2. The number of ether oxygens (including phenoxy) is 2. The summed E-state index contributed by atoms with van der Waals surface area (Å²) in [5, 5.41) is 8.72. The van der Waals surface area contributed by atoms with Gasteiger partial charge in [0.15, 0.2) is 11.4 Å². The van der Waals surface area contributed by atoms with Crippen LogP contribution in [0.3, 0.4) is 0 Å². The SMILES string of the molecule is C.CC1(c2nc(C#N)c(I)[nH]2)COC1.CC1(c2nc(I)c(C(F)(F)F)[nH]2)COC1. The highest BCUT2D eigenvalue weighted by molar-refractivity contribution is 14.1. The monoisotopic (exact) mass is 637 g/mol. The first kappa shape index (κ1) is 24.4. The van der Waals surface area contributed by atoms with Crippen molar-refractivity contribution in [1.82, 2.24) is 19.9 Å². The summed E-state index contributed by atoms with van der Waals surface area (Å²) in [4.78, 5) is 13.6. The first-order valence-corrected chi connectivity index (χ1v) is 10.3. The van der Waals surface area contributed by atoms with E-state index in [1.54, 1.807) is 22.6 Å². The minimum Gasteiger partial charge on any atom is -0.379 e. The van der Waals surface area contributed by atoms with Gasteiger partial charge in [-0.1, -0.05) is 7.43 Å². The summed E-state index contributed by atoms with van der Waals surface area (Å²) in [6, 6.07) is 2.05. The van der Waals surface area contributed by atoms with Crippen molar-refractivity contribution in [1.29, 1.82) is 5.26 Å². The van der Waals surface area contributed by atoms with Gasteiger partial charge in [-0.15, -0.1) is 0 Å². The predicted octanol–water partition coefficient (Wildman–Crippen LogP) is 4.13. The quantitative estimate of drug-likeness (QED) is 0.483. The summed E-state index contributed by atoms with van der Waals surface area (Å²) >= 11 is 3.66. The molecule has 2 fully saturated rings.